The van der Waals surface area contributed by atoms with Crippen molar-refractivity contribution < 1.29 is 13.9 Å². The van der Waals surface area contributed by atoms with E-state index in [-0.39, 0.29) is 5.83 Å². The number of unbranched alkanes of at least 4 members (excludes halogenated alkanes) is 2. The molecule has 11 heteroatoms. The molecule has 2 aliphatic rings. The van der Waals surface area contributed by atoms with Gasteiger partial charge in [0, 0.05) is 49.2 Å². The standard InChI is InChI=1S/C27H29FN5OPS.C11H25NO/c1-4-14(3)20(22-15(10-29)26(30)36-25(22)19(28)5-2)21-18-13-34-12-17(18)16-11-31-27(32-23(16)24(21)35)33-8-6-7-9-33;1-4-6-7-9-12(8-5-2)10-11-13-3/h5,11H,4,6-9,12-13,30,35H2,1-3H3;4-11H2,1-3H3/b19-5+,20-14+;. The number of rotatable bonds is 14. The Labute approximate surface area is 298 Å². The van der Waals surface area contributed by atoms with E-state index in [4.69, 9.17) is 25.2 Å². The average Bonchev–Trinajstić information content (AvgIpc) is 3.89. The Morgan fingerprint density at radius 3 is 2.51 bits per heavy atom. The molecule has 0 radical (unpaired) electrons. The Bertz CT molecular complexity index is 1690. The number of hydrogen-bond donors (Lipinski definition) is 1. The minimum atomic E-state index is -0.387. The van der Waals surface area contributed by atoms with Crippen LogP contribution < -0.4 is 15.9 Å². The Balaban J connectivity index is 0.000000355. The van der Waals surface area contributed by atoms with Gasteiger partial charge in [0.25, 0.3) is 0 Å². The lowest BCUT2D eigenvalue weighted by Crippen LogP contribution is -2.29. The largest absolute Gasteiger partial charge is 0.389 e. The van der Waals surface area contributed by atoms with Crippen LogP contribution in [0.2, 0.25) is 0 Å². The maximum absolute atomic E-state index is 15.2. The van der Waals surface area contributed by atoms with E-state index < -0.39 is 0 Å². The van der Waals surface area contributed by atoms with Crippen molar-refractivity contribution in [1.29, 1.82) is 5.26 Å². The molecule has 5 rings (SSSR count). The highest BCUT2D eigenvalue weighted by molar-refractivity contribution is 7.28. The van der Waals surface area contributed by atoms with Crippen LogP contribution in [0.3, 0.4) is 0 Å². The summed E-state index contributed by atoms with van der Waals surface area (Å²) in [5, 5.41) is 12.3. The van der Waals surface area contributed by atoms with Gasteiger partial charge in [-0.25, -0.2) is 14.4 Å². The minimum Gasteiger partial charge on any atom is -0.389 e. The summed E-state index contributed by atoms with van der Waals surface area (Å²) in [5.41, 5.74) is 12.9. The molecule has 2 aliphatic heterocycles. The average molecular weight is 709 g/mol. The second-order valence-electron chi connectivity index (χ2n) is 12.7. The van der Waals surface area contributed by atoms with E-state index >= 15 is 4.39 Å². The number of allylic oxidation sites excluding steroid dienone is 2. The van der Waals surface area contributed by atoms with Gasteiger partial charge in [-0.15, -0.1) is 20.6 Å². The molecular weight excluding hydrogens is 654 g/mol. The fourth-order valence-corrected chi connectivity index (χ4v) is 8.14. The van der Waals surface area contributed by atoms with E-state index in [0.29, 0.717) is 34.2 Å². The number of hydrogen-bond acceptors (Lipinski definition) is 9. The number of ether oxygens (including phenoxy) is 2. The van der Waals surface area contributed by atoms with Gasteiger partial charge in [0.05, 0.1) is 35.8 Å². The van der Waals surface area contributed by atoms with Crippen LogP contribution >= 0.6 is 20.6 Å². The molecule has 1 saturated heterocycles. The van der Waals surface area contributed by atoms with Crippen molar-refractivity contribution in [3.63, 3.8) is 0 Å². The van der Waals surface area contributed by atoms with Gasteiger partial charge in [0.1, 0.15) is 16.9 Å². The Morgan fingerprint density at radius 2 is 1.88 bits per heavy atom. The molecule has 0 spiro atoms. The summed E-state index contributed by atoms with van der Waals surface area (Å²) >= 11 is 1.12. The summed E-state index contributed by atoms with van der Waals surface area (Å²) in [6.45, 7) is 17.4. The lowest BCUT2D eigenvalue weighted by molar-refractivity contribution is 0.135. The third-order valence-electron chi connectivity index (χ3n) is 9.38. The van der Waals surface area contributed by atoms with Crippen molar-refractivity contribution in [2.75, 3.05) is 57.1 Å². The molecular formula is C38H54FN6O2PS. The van der Waals surface area contributed by atoms with Gasteiger partial charge in [0.2, 0.25) is 5.95 Å². The second kappa shape index (κ2) is 18.9. The molecule has 0 saturated carbocycles. The molecule has 0 bridgehead atoms. The van der Waals surface area contributed by atoms with Crippen molar-refractivity contribution >= 4 is 59.1 Å². The van der Waals surface area contributed by atoms with Crippen LogP contribution in [0.25, 0.3) is 22.3 Å². The van der Waals surface area contributed by atoms with Crippen molar-refractivity contribution in [2.45, 2.75) is 92.8 Å². The monoisotopic (exact) mass is 708 g/mol. The highest BCUT2D eigenvalue weighted by Gasteiger charge is 2.31. The van der Waals surface area contributed by atoms with Crippen LogP contribution in [0.15, 0.2) is 17.8 Å². The van der Waals surface area contributed by atoms with E-state index in [1.165, 1.54) is 44.8 Å². The van der Waals surface area contributed by atoms with Crippen LogP contribution in [-0.2, 0) is 22.7 Å². The lowest BCUT2D eigenvalue weighted by Gasteiger charge is -2.22. The Morgan fingerprint density at radius 1 is 1.14 bits per heavy atom. The first-order valence-corrected chi connectivity index (χ1v) is 19.1. The molecule has 0 aliphatic carbocycles. The molecule has 2 N–H and O–H groups in total. The van der Waals surface area contributed by atoms with Crippen LogP contribution in [0.1, 0.15) is 112 Å². The van der Waals surface area contributed by atoms with E-state index in [1.807, 2.05) is 13.1 Å². The molecule has 0 amide bonds. The molecule has 2 aromatic heterocycles. The third-order valence-corrected chi connectivity index (χ3v) is 11.0. The number of nitrogens with two attached hydrogens (primary N) is 1. The number of thiophene rings is 1. The summed E-state index contributed by atoms with van der Waals surface area (Å²) in [6.07, 6.45) is 11.6. The Kier molecular flexibility index (Phi) is 15.0. The van der Waals surface area contributed by atoms with Gasteiger partial charge < -0.3 is 25.0 Å². The zero-order chi connectivity index (χ0) is 35.5. The molecule has 1 fully saturated rings. The first kappa shape index (κ1) is 38.9. The van der Waals surface area contributed by atoms with E-state index in [1.54, 1.807) is 14.0 Å². The molecule has 266 valence electrons. The fraction of sp³-hybridized carbons (Fsp3) is 0.553. The smallest absolute Gasteiger partial charge is 0.225 e. The normalized spacial score (nSPS) is 15.0. The van der Waals surface area contributed by atoms with Crippen molar-refractivity contribution in [3.05, 3.63) is 50.5 Å². The number of anilines is 2. The highest BCUT2D eigenvalue weighted by Crippen LogP contribution is 2.46. The van der Waals surface area contributed by atoms with Gasteiger partial charge in [0.15, 0.2) is 0 Å². The van der Waals surface area contributed by atoms with E-state index in [2.05, 4.69) is 45.9 Å². The van der Waals surface area contributed by atoms with Crippen LogP contribution in [0.5, 0.6) is 0 Å². The molecule has 3 aromatic rings. The number of nitriles is 1. The SMILES string of the molecule is C/C=C(/F)c1sc(N)c(C#N)c1/C(=C(\C)CC)c1c2c(c3cnc(N4CCCC4)nc3c1P)COC2.CCCCCN(CCC)CCOC. The second-order valence-corrected chi connectivity index (χ2v) is 14.3. The van der Waals surface area contributed by atoms with E-state index in [0.717, 1.165) is 107 Å². The molecule has 8 nitrogen and oxygen atoms in total. The van der Waals surface area contributed by atoms with Crippen molar-refractivity contribution in [3.8, 4) is 6.07 Å². The molecule has 49 heavy (non-hydrogen) atoms. The number of nitrogens with zero attached hydrogens (tertiary/aromatic N) is 5. The fourth-order valence-electron chi connectivity index (χ4n) is 6.61. The van der Waals surface area contributed by atoms with E-state index in [9.17, 15) is 5.26 Å². The van der Waals surface area contributed by atoms with Gasteiger partial charge >= 0.3 is 0 Å². The maximum atomic E-state index is 15.2. The topological polar surface area (TPSA) is 101 Å². The number of benzene rings is 1. The first-order chi connectivity index (χ1) is 23.8. The van der Waals surface area contributed by atoms with Gasteiger partial charge in [-0.2, -0.15) is 5.26 Å². The predicted octanol–water partition coefficient (Wildman–Crippen LogP) is 8.37. The van der Waals surface area contributed by atoms with Crippen molar-refractivity contribution in [2.24, 2.45) is 0 Å². The van der Waals surface area contributed by atoms with Crippen LogP contribution in [0.4, 0.5) is 15.3 Å². The summed E-state index contributed by atoms with van der Waals surface area (Å²) in [4.78, 5) is 14.8. The summed E-state index contributed by atoms with van der Waals surface area (Å²) in [6, 6.07) is 2.25. The summed E-state index contributed by atoms with van der Waals surface area (Å²) in [7, 11) is 4.65. The van der Waals surface area contributed by atoms with Crippen molar-refractivity contribution in [1.82, 2.24) is 14.9 Å². The molecule has 1 unspecified atom stereocenters. The molecule has 1 atom stereocenters. The lowest BCUT2D eigenvalue weighted by atomic mass is 9.85. The number of halogens is 1. The zero-order valence-electron chi connectivity index (χ0n) is 30.3. The zero-order valence-corrected chi connectivity index (χ0v) is 32.2. The predicted molar refractivity (Wildman–Crippen MR) is 207 cm³/mol. The van der Waals surface area contributed by atoms with Crippen LogP contribution in [-0.4, -0.2) is 61.3 Å². The highest BCUT2D eigenvalue weighted by atomic mass is 32.1. The number of aromatic nitrogens is 2. The number of fused-ring (bicyclic) bond motifs is 3. The molecule has 4 heterocycles. The maximum Gasteiger partial charge on any atom is 0.225 e. The quantitative estimate of drug-likeness (QED) is 0.132. The Hall–Kier alpha value is -2.93. The molecule has 1 aromatic carbocycles. The minimum absolute atomic E-state index is 0.312. The summed E-state index contributed by atoms with van der Waals surface area (Å²) < 4.78 is 26.2. The van der Waals surface area contributed by atoms with Gasteiger partial charge in [-0.1, -0.05) is 45.3 Å². The van der Waals surface area contributed by atoms with Crippen LogP contribution in [0, 0.1) is 11.3 Å². The summed E-state index contributed by atoms with van der Waals surface area (Å²) in [5.74, 6) is 0.339. The van der Waals surface area contributed by atoms with Gasteiger partial charge in [-0.3, -0.25) is 0 Å². The number of nitrogen functional groups attached to an aromatic ring is 1. The number of methoxy groups -OCH3 is 1. The van der Waals surface area contributed by atoms with Gasteiger partial charge in [-0.05, 0) is 81.3 Å². The first-order valence-electron chi connectivity index (χ1n) is 17.7. The third kappa shape index (κ3) is 8.87.